The van der Waals surface area contributed by atoms with Crippen LogP contribution in [0, 0.1) is 0 Å². The van der Waals surface area contributed by atoms with Crippen LogP contribution in [-0.4, -0.2) is 34.3 Å². The maximum absolute atomic E-state index is 13.1. The van der Waals surface area contributed by atoms with Gasteiger partial charge in [-0.05, 0) is 43.9 Å². The van der Waals surface area contributed by atoms with E-state index >= 15 is 0 Å². The van der Waals surface area contributed by atoms with E-state index in [1.165, 1.54) is 24.0 Å². The average Bonchev–Trinajstić information content (AvgIpc) is 3.35. The maximum atomic E-state index is 13.1. The van der Waals surface area contributed by atoms with Crippen LogP contribution in [0.3, 0.4) is 0 Å². The van der Waals surface area contributed by atoms with Crippen LogP contribution in [-0.2, 0) is 4.79 Å². The van der Waals surface area contributed by atoms with Crippen LogP contribution in [0.5, 0.6) is 5.75 Å². The number of carbonyl (C=O) groups excluding carboxylic acids is 2. The highest BCUT2D eigenvalue weighted by atomic mass is 16.3. The number of hydrogen-bond donors (Lipinski definition) is 3. The van der Waals surface area contributed by atoms with Gasteiger partial charge in [0.1, 0.15) is 11.4 Å². The number of Topliss-reactive ketones (excluding diaryl/α,β-unsaturated/α-hetero) is 1. The van der Waals surface area contributed by atoms with Crippen LogP contribution in [0.25, 0.3) is 0 Å². The number of hydrogen-bond acceptors (Lipinski definition) is 7. The van der Waals surface area contributed by atoms with E-state index in [9.17, 15) is 24.3 Å². The summed E-state index contributed by atoms with van der Waals surface area (Å²) < 4.78 is 0. The van der Waals surface area contributed by atoms with Crippen molar-refractivity contribution in [3.8, 4) is 5.75 Å². The minimum absolute atomic E-state index is 0.0297. The van der Waals surface area contributed by atoms with Gasteiger partial charge in [-0.3, -0.25) is 19.2 Å². The average molecular weight is 462 g/mol. The summed E-state index contributed by atoms with van der Waals surface area (Å²) >= 11 is 0. The number of aromatic hydroxyl groups is 1. The summed E-state index contributed by atoms with van der Waals surface area (Å²) in [6.07, 6.45) is 2.00. The number of nitrogens with one attached hydrogen (secondary N) is 2. The zero-order valence-corrected chi connectivity index (χ0v) is 19.1. The molecule has 1 aliphatic rings. The molecule has 1 aliphatic heterocycles. The number of likely N-dealkylation sites (tertiary alicyclic amines) is 1. The highest BCUT2D eigenvalue weighted by Gasteiger charge is 2.34. The number of benzene rings is 2. The Labute approximate surface area is 196 Å². The molecule has 1 fully saturated rings. The highest BCUT2D eigenvalue weighted by molar-refractivity contribution is 6.01. The molecule has 34 heavy (non-hydrogen) atoms. The Morgan fingerprint density at radius 1 is 1.06 bits per heavy atom. The molecule has 0 aromatic heterocycles. The third-order valence-electron chi connectivity index (χ3n) is 6.35. The fourth-order valence-electron chi connectivity index (χ4n) is 4.47. The minimum atomic E-state index is -0.697. The lowest BCUT2D eigenvalue weighted by molar-refractivity contribution is -0.120. The largest absolute Gasteiger partial charge is 0.505 e. The standard InChI is InChI=1S/C26H27N3O5/c1-3-18(16-9-5-4-6-10-16)27-21-22(25(33)24(21)32)28-19-12-7-11-17(23(19)31)26(34)29-14-8-13-20(29)15(2)30/h4-7,9-12,18,20,27-28,31H,3,8,13-14H2,1-2H3/t18-,20+/m1/s1. The van der Waals surface area contributed by atoms with Crippen LogP contribution < -0.4 is 21.5 Å². The lowest BCUT2D eigenvalue weighted by atomic mass is 10.0. The van der Waals surface area contributed by atoms with Crippen LogP contribution in [0.2, 0.25) is 0 Å². The molecule has 1 saturated heterocycles. The Bertz CT molecular complexity index is 1290. The van der Waals surface area contributed by atoms with E-state index in [4.69, 9.17) is 0 Å². The summed E-state index contributed by atoms with van der Waals surface area (Å²) in [4.78, 5) is 51.1. The number of nitrogens with zero attached hydrogens (tertiary/aromatic N) is 1. The molecule has 0 aliphatic carbocycles. The van der Waals surface area contributed by atoms with Gasteiger partial charge in [0.15, 0.2) is 11.5 Å². The van der Waals surface area contributed by atoms with Crippen molar-refractivity contribution in [2.24, 2.45) is 0 Å². The molecule has 0 bridgehead atoms. The first-order valence-corrected chi connectivity index (χ1v) is 11.4. The predicted molar refractivity (Wildman–Crippen MR) is 131 cm³/mol. The summed E-state index contributed by atoms with van der Waals surface area (Å²) in [5.41, 5.74) is -0.00253. The van der Waals surface area contributed by atoms with E-state index in [1.807, 2.05) is 37.3 Å². The van der Waals surface area contributed by atoms with Crippen LogP contribution >= 0.6 is 0 Å². The van der Waals surface area contributed by atoms with E-state index in [-0.39, 0.29) is 40.2 Å². The van der Waals surface area contributed by atoms with Gasteiger partial charge in [0.25, 0.3) is 16.8 Å². The van der Waals surface area contributed by atoms with Gasteiger partial charge in [-0.2, -0.15) is 0 Å². The smallest absolute Gasteiger partial charge is 0.258 e. The van der Waals surface area contributed by atoms with Crippen molar-refractivity contribution in [2.75, 3.05) is 17.2 Å². The van der Waals surface area contributed by atoms with E-state index in [1.54, 1.807) is 6.07 Å². The SMILES string of the molecule is CC[C@@H](Nc1c(Nc2cccc(C(=O)N3CCC[C@H]3C(C)=O)c2O)c(=O)c1=O)c1ccccc1. The van der Waals surface area contributed by atoms with Gasteiger partial charge >= 0.3 is 0 Å². The van der Waals surface area contributed by atoms with Gasteiger partial charge in [0, 0.05) is 6.54 Å². The predicted octanol–water partition coefficient (Wildman–Crippen LogP) is 3.49. The number of anilines is 3. The number of rotatable bonds is 8. The summed E-state index contributed by atoms with van der Waals surface area (Å²) in [5, 5.41) is 16.8. The van der Waals surface area contributed by atoms with Gasteiger partial charge in [-0.1, -0.05) is 43.3 Å². The summed E-state index contributed by atoms with van der Waals surface area (Å²) in [6, 6.07) is 13.5. The summed E-state index contributed by atoms with van der Waals surface area (Å²) in [7, 11) is 0. The number of para-hydroxylation sites is 1. The van der Waals surface area contributed by atoms with Crippen LogP contribution in [0.1, 0.15) is 55.1 Å². The van der Waals surface area contributed by atoms with Crippen molar-refractivity contribution in [1.82, 2.24) is 4.90 Å². The fraction of sp³-hybridized carbons (Fsp3) is 0.308. The molecule has 0 spiro atoms. The molecule has 0 unspecified atom stereocenters. The Hall–Kier alpha value is -3.94. The summed E-state index contributed by atoms with van der Waals surface area (Å²) in [5.74, 6) is -0.879. The maximum Gasteiger partial charge on any atom is 0.258 e. The third kappa shape index (κ3) is 4.19. The van der Waals surface area contributed by atoms with Crippen molar-refractivity contribution in [2.45, 2.75) is 45.2 Å². The molecule has 3 aromatic rings. The van der Waals surface area contributed by atoms with Gasteiger partial charge < -0.3 is 20.6 Å². The molecule has 4 rings (SSSR count). The van der Waals surface area contributed by atoms with E-state index in [0.717, 1.165) is 5.56 Å². The molecule has 1 heterocycles. The van der Waals surface area contributed by atoms with Crippen LogP contribution in [0.15, 0.2) is 58.1 Å². The first-order valence-electron chi connectivity index (χ1n) is 11.4. The Balaban J connectivity index is 1.59. The normalized spacial score (nSPS) is 16.4. The zero-order chi connectivity index (χ0) is 24.4. The van der Waals surface area contributed by atoms with E-state index in [0.29, 0.717) is 25.8 Å². The van der Waals surface area contributed by atoms with Crippen LogP contribution in [0.4, 0.5) is 17.1 Å². The fourth-order valence-corrected chi connectivity index (χ4v) is 4.47. The highest BCUT2D eigenvalue weighted by Crippen LogP contribution is 2.34. The Morgan fingerprint density at radius 3 is 2.44 bits per heavy atom. The second kappa shape index (κ2) is 9.51. The van der Waals surface area contributed by atoms with Crippen molar-refractivity contribution in [3.05, 3.63) is 80.1 Å². The molecule has 1 amide bonds. The molecular weight excluding hydrogens is 434 g/mol. The first-order chi connectivity index (χ1) is 16.3. The molecule has 0 radical (unpaired) electrons. The van der Waals surface area contributed by atoms with Crippen molar-refractivity contribution >= 4 is 28.8 Å². The van der Waals surface area contributed by atoms with E-state index < -0.39 is 22.8 Å². The monoisotopic (exact) mass is 461 g/mol. The van der Waals surface area contributed by atoms with Crippen molar-refractivity contribution < 1.29 is 14.7 Å². The second-order valence-corrected chi connectivity index (χ2v) is 8.52. The lowest BCUT2D eigenvalue weighted by Gasteiger charge is -2.24. The second-order valence-electron chi connectivity index (χ2n) is 8.52. The zero-order valence-electron chi connectivity index (χ0n) is 19.1. The van der Waals surface area contributed by atoms with Gasteiger partial charge in [-0.15, -0.1) is 0 Å². The molecule has 2 atom stereocenters. The first kappa shape index (κ1) is 23.2. The van der Waals surface area contributed by atoms with Crippen molar-refractivity contribution in [3.63, 3.8) is 0 Å². The number of phenols is 1. The van der Waals surface area contributed by atoms with Crippen molar-refractivity contribution in [1.29, 1.82) is 0 Å². The van der Waals surface area contributed by atoms with Gasteiger partial charge in [0.2, 0.25) is 0 Å². The minimum Gasteiger partial charge on any atom is -0.505 e. The van der Waals surface area contributed by atoms with Gasteiger partial charge in [-0.25, -0.2) is 0 Å². The number of ketones is 1. The van der Waals surface area contributed by atoms with E-state index in [2.05, 4.69) is 10.6 Å². The molecule has 176 valence electrons. The summed E-state index contributed by atoms with van der Waals surface area (Å²) in [6.45, 7) is 3.86. The number of phenolic OH excluding ortho intramolecular Hbond substituents is 1. The molecule has 8 nitrogen and oxygen atoms in total. The molecular formula is C26H27N3O5. The molecule has 0 saturated carbocycles. The number of amides is 1. The molecule has 3 N–H and O–H groups in total. The molecule has 3 aromatic carbocycles. The quantitative estimate of drug-likeness (QED) is 0.347. The Morgan fingerprint density at radius 2 is 1.76 bits per heavy atom. The Kier molecular flexibility index (Phi) is 6.49. The van der Waals surface area contributed by atoms with Gasteiger partial charge in [0.05, 0.1) is 23.3 Å². The molecule has 8 heteroatoms. The number of carbonyl (C=O) groups is 2. The third-order valence-corrected chi connectivity index (χ3v) is 6.35. The topological polar surface area (TPSA) is 116 Å². The lowest BCUT2D eigenvalue weighted by Crippen LogP contribution is -2.39.